The molecular weight excluding hydrogens is 178 g/mol. The van der Waals surface area contributed by atoms with Crippen LogP contribution in [0.2, 0.25) is 0 Å². The van der Waals surface area contributed by atoms with E-state index < -0.39 is 10.0 Å². The van der Waals surface area contributed by atoms with Crippen LogP contribution < -0.4 is 5.14 Å². The summed E-state index contributed by atoms with van der Waals surface area (Å²) in [5, 5.41) is 4.89. The number of sulfonamides is 1. The fourth-order valence-corrected chi connectivity index (χ4v) is 2.11. The standard InChI is InChI=1S/C7H15NO3S/c1-11-7(3-2-4-7)5-6-12(8,9)10/h2-6H2,1H3,(H2,8,9,10). The van der Waals surface area contributed by atoms with Gasteiger partial charge in [-0.15, -0.1) is 0 Å². The van der Waals surface area contributed by atoms with Crippen molar-refractivity contribution in [2.24, 2.45) is 5.14 Å². The third kappa shape index (κ3) is 2.43. The van der Waals surface area contributed by atoms with E-state index >= 15 is 0 Å². The third-order valence-corrected chi connectivity index (χ3v) is 3.31. The first-order valence-corrected chi connectivity index (χ1v) is 5.75. The maximum atomic E-state index is 10.7. The Hall–Kier alpha value is -0.130. The van der Waals surface area contributed by atoms with Gasteiger partial charge in [0.1, 0.15) is 0 Å². The Balaban J connectivity index is 2.40. The summed E-state index contributed by atoms with van der Waals surface area (Å²) >= 11 is 0. The molecule has 72 valence electrons. The molecule has 0 saturated heterocycles. The Morgan fingerprint density at radius 3 is 2.33 bits per heavy atom. The normalized spacial score (nSPS) is 21.8. The van der Waals surface area contributed by atoms with Crippen LogP contribution in [0.5, 0.6) is 0 Å². The lowest BCUT2D eigenvalue weighted by molar-refractivity contribution is -0.0733. The van der Waals surface area contributed by atoms with Gasteiger partial charge in [-0.05, 0) is 25.7 Å². The molecule has 0 heterocycles. The number of rotatable bonds is 4. The summed E-state index contributed by atoms with van der Waals surface area (Å²) in [5.41, 5.74) is -0.188. The highest BCUT2D eigenvalue weighted by molar-refractivity contribution is 7.89. The zero-order valence-corrected chi connectivity index (χ0v) is 8.06. The highest BCUT2D eigenvalue weighted by Gasteiger charge is 2.37. The van der Waals surface area contributed by atoms with E-state index in [9.17, 15) is 8.42 Å². The molecule has 0 aromatic heterocycles. The van der Waals surface area contributed by atoms with Crippen molar-refractivity contribution in [2.45, 2.75) is 31.3 Å². The Labute approximate surface area is 73.1 Å². The van der Waals surface area contributed by atoms with Crippen molar-refractivity contribution >= 4 is 10.0 Å². The van der Waals surface area contributed by atoms with Crippen LogP contribution in [0.4, 0.5) is 0 Å². The van der Waals surface area contributed by atoms with Crippen LogP contribution in [-0.4, -0.2) is 26.9 Å². The molecule has 0 radical (unpaired) electrons. The Morgan fingerprint density at radius 2 is 2.08 bits per heavy atom. The number of hydrogen-bond acceptors (Lipinski definition) is 3. The maximum Gasteiger partial charge on any atom is 0.209 e. The number of nitrogens with two attached hydrogens (primary N) is 1. The van der Waals surface area contributed by atoms with Crippen LogP contribution in [0.3, 0.4) is 0 Å². The molecular formula is C7H15NO3S. The molecule has 12 heavy (non-hydrogen) atoms. The smallest absolute Gasteiger partial charge is 0.209 e. The quantitative estimate of drug-likeness (QED) is 0.695. The minimum atomic E-state index is -3.32. The van der Waals surface area contributed by atoms with Crippen molar-refractivity contribution in [3.63, 3.8) is 0 Å². The number of primary sulfonamides is 1. The van der Waals surface area contributed by atoms with Gasteiger partial charge >= 0.3 is 0 Å². The second-order valence-electron chi connectivity index (χ2n) is 3.36. The third-order valence-electron chi connectivity index (χ3n) is 2.54. The summed E-state index contributed by atoms with van der Waals surface area (Å²) in [4.78, 5) is 0. The Morgan fingerprint density at radius 1 is 1.50 bits per heavy atom. The average Bonchev–Trinajstić information content (AvgIpc) is 1.84. The zero-order valence-electron chi connectivity index (χ0n) is 7.25. The summed E-state index contributed by atoms with van der Waals surface area (Å²) in [7, 11) is -1.70. The predicted octanol–water partition coefficient (Wildman–Crippen LogP) is 0.234. The summed E-state index contributed by atoms with van der Waals surface area (Å²) in [6.45, 7) is 0. The molecule has 4 nitrogen and oxygen atoms in total. The van der Waals surface area contributed by atoms with E-state index in [4.69, 9.17) is 9.88 Å². The van der Waals surface area contributed by atoms with Gasteiger partial charge in [0.15, 0.2) is 0 Å². The van der Waals surface area contributed by atoms with E-state index in [1.807, 2.05) is 0 Å². The van der Waals surface area contributed by atoms with Crippen LogP contribution in [0.25, 0.3) is 0 Å². The first kappa shape index (κ1) is 9.95. The molecule has 0 spiro atoms. The minimum absolute atomic E-state index is 0.0286. The first-order chi connectivity index (χ1) is 5.47. The molecule has 0 bridgehead atoms. The van der Waals surface area contributed by atoms with Crippen molar-refractivity contribution in [3.05, 3.63) is 0 Å². The topological polar surface area (TPSA) is 69.4 Å². The lowest BCUT2D eigenvalue weighted by Crippen LogP contribution is -2.41. The van der Waals surface area contributed by atoms with Crippen molar-refractivity contribution in [3.8, 4) is 0 Å². The van der Waals surface area contributed by atoms with E-state index in [1.54, 1.807) is 7.11 Å². The molecule has 1 aliphatic rings. The van der Waals surface area contributed by atoms with E-state index in [1.165, 1.54) is 0 Å². The van der Waals surface area contributed by atoms with Crippen LogP contribution in [0.15, 0.2) is 0 Å². The maximum absolute atomic E-state index is 10.7. The van der Waals surface area contributed by atoms with Gasteiger partial charge in [-0.3, -0.25) is 0 Å². The molecule has 0 atom stereocenters. The fourth-order valence-electron chi connectivity index (χ4n) is 1.46. The van der Waals surface area contributed by atoms with Crippen LogP contribution in [-0.2, 0) is 14.8 Å². The SMILES string of the molecule is COC1(CCS(N)(=O)=O)CCC1. The number of hydrogen-bond donors (Lipinski definition) is 1. The molecule has 5 heteroatoms. The van der Waals surface area contributed by atoms with E-state index in [-0.39, 0.29) is 11.4 Å². The summed E-state index contributed by atoms with van der Waals surface area (Å²) in [6.07, 6.45) is 3.57. The molecule has 2 N–H and O–H groups in total. The summed E-state index contributed by atoms with van der Waals surface area (Å²) in [5.74, 6) is 0.0286. The molecule has 1 saturated carbocycles. The summed E-state index contributed by atoms with van der Waals surface area (Å²) in [6, 6.07) is 0. The monoisotopic (exact) mass is 193 g/mol. The van der Waals surface area contributed by atoms with Gasteiger partial charge in [-0.25, -0.2) is 13.6 Å². The van der Waals surface area contributed by atoms with Crippen LogP contribution in [0, 0.1) is 0 Å². The molecule has 0 aromatic carbocycles. The number of ether oxygens (including phenoxy) is 1. The fraction of sp³-hybridized carbons (Fsp3) is 1.00. The molecule has 1 fully saturated rings. The highest BCUT2D eigenvalue weighted by Crippen LogP contribution is 2.37. The molecule has 0 aliphatic heterocycles. The number of methoxy groups -OCH3 is 1. The van der Waals surface area contributed by atoms with Gasteiger partial charge in [-0.1, -0.05) is 0 Å². The second kappa shape index (κ2) is 3.32. The van der Waals surface area contributed by atoms with Crippen molar-refractivity contribution in [1.82, 2.24) is 0 Å². The lowest BCUT2D eigenvalue weighted by Gasteiger charge is -2.40. The Bertz CT molecular complexity index is 238. The molecule has 0 aromatic rings. The van der Waals surface area contributed by atoms with Gasteiger partial charge in [-0.2, -0.15) is 0 Å². The van der Waals surface area contributed by atoms with Gasteiger partial charge in [0.05, 0.1) is 11.4 Å². The van der Waals surface area contributed by atoms with Crippen molar-refractivity contribution in [1.29, 1.82) is 0 Å². The van der Waals surface area contributed by atoms with Crippen LogP contribution in [0.1, 0.15) is 25.7 Å². The zero-order chi connectivity index (χ0) is 9.24. The summed E-state index contributed by atoms with van der Waals surface area (Å²) < 4.78 is 26.6. The van der Waals surface area contributed by atoms with E-state index in [0.717, 1.165) is 19.3 Å². The minimum Gasteiger partial charge on any atom is -0.378 e. The lowest BCUT2D eigenvalue weighted by atomic mass is 9.78. The first-order valence-electron chi connectivity index (χ1n) is 4.03. The average molecular weight is 193 g/mol. The van der Waals surface area contributed by atoms with E-state index in [2.05, 4.69) is 0 Å². The highest BCUT2D eigenvalue weighted by atomic mass is 32.2. The molecule has 0 amide bonds. The van der Waals surface area contributed by atoms with Crippen molar-refractivity contribution in [2.75, 3.05) is 12.9 Å². The van der Waals surface area contributed by atoms with Gasteiger partial charge < -0.3 is 4.74 Å². The molecule has 0 unspecified atom stereocenters. The largest absolute Gasteiger partial charge is 0.378 e. The predicted molar refractivity (Wildman–Crippen MR) is 46.2 cm³/mol. The van der Waals surface area contributed by atoms with Gasteiger partial charge in [0.25, 0.3) is 0 Å². The molecule has 1 aliphatic carbocycles. The second-order valence-corrected chi connectivity index (χ2v) is 5.09. The van der Waals surface area contributed by atoms with Gasteiger partial charge in [0, 0.05) is 7.11 Å². The Kier molecular flexibility index (Phi) is 2.75. The van der Waals surface area contributed by atoms with E-state index in [0.29, 0.717) is 6.42 Å². The van der Waals surface area contributed by atoms with Crippen molar-refractivity contribution < 1.29 is 13.2 Å². The van der Waals surface area contributed by atoms with Gasteiger partial charge in [0.2, 0.25) is 10.0 Å². The van der Waals surface area contributed by atoms with Crippen LogP contribution >= 0.6 is 0 Å². The molecule has 1 rings (SSSR count).